The van der Waals surface area contributed by atoms with Gasteiger partial charge in [-0.25, -0.2) is 4.79 Å². The molecule has 0 unspecified atom stereocenters. The standard InChI is InChI=1S/C30H26N2O6S/c1-19(33)37-23-18-39-29-25(31-24(34)17-20-11-5-2-6-12-20)28(35)32(29)26(23)30(36)38-27(21-13-7-3-8-14-21)22-15-9-4-10-16-22/h2-16,25,27,29H,17-18H2,1H3,(H,31,34)/t25-,29-/m1/s1. The number of carbonyl (C=O) groups excluding carboxylic acids is 4. The second kappa shape index (κ2) is 11.6. The zero-order chi connectivity index (χ0) is 27.4. The molecule has 0 spiro atoms. The van der Waals surface area contributed by atoms with Gasteiger partial charge in [-0.2, -0.15) is 0 Å². The van der Waals surface area contributed by atoms with Gasteiger partial charge < -0.3 is 14.8 Å². The van der Waals surface area contributed by atoms with Crippen molar-refractivity contribution in [3.05, 3.63) is 119 Å². The number of amides is 2. The fourth-order valence-corrected chi connectivity index (χ4v) is 5.84. The summed E-state index contributed by atoms with van der Waals surface area (Å²) in [6, 6.07) is 26.9. The molecule has 0 aromatic heterocycles. The van der Waals surface area contributed by atoms with Crippen molar-refractivity contribution < 1.29 is 28.7 Å². The smallest absolute Gasteiger partial charge is 0.359 e. The van der Waals surface area contributed by atoms with Gasteiger partial charge in [0.15, 0.2) is 11.8 Å². The van der Waals surface area contributed by atoms with E-state index in [0.717, 1.165) is 16.7 Å². The fraction of sp³-hybridized carbons (Fsp3) is 0.200. The van der Waals surface area contributed by atoms with E-state index in [1.54, 1.807) is 0 Å². The van der Waals surface area contributed by atoms with Crippen LogP contribution < -0.4 is 5.32 Å². The van der Waals surface area contributed by atoms with Crippen molar-refractivity contribution in [2.24, 2.45) is 0 Å². The minimum absolute atomic E-state index is 0.0519. The Hall–Kier alpha value is -4.37. The fourth-order valence-electron chi connectivity index (χ4n) is 4.59. The number of hydrogen-bond acceptors (Lipinski definition) is 7. The number of thioether (sulfide) groups is 1. The molecular formula is C30H26N2O6S. The topological polar surface area (TPSA) is 102 Å². The first kappa shape index (κ1) is 26.2. The molecule has 3 aromatic carbocycles. The van der Waals surface area contributed by atoms with E-state index in [0.29, 0.717) is 0 Å². The predicted octanol–water partition coefficient (Wildman–Crippen LogP) is 3.74. The number of fused-ring (bicyclic) bond motifs is 1. The van der Waals surface area contributed by atoms with Crippen molar-refractivity contribution in [2.45, 2.75) is 30.9 Å². The molecule has 9 heteroatoms. The van der Waals surface area contributed by atoms with Crippen LogP contribution in [0, 0.1) is 0 Å². The second-order valence-electron chi connectivity index (χ2n) is 9.09. The van der Waals surface area contributed by atoms with Crippen molar-refractivity contribution in [1.82, 2.24) is 10.2 Å². The quantitative estimate of drug-likeness (QED) is 0.342. The Bertz CT molecular complexity index is 1370. The van der Waals surface area contributed by atoms with Gasteiger partial charge >= 0.3 is 11.9 Å². The van der Waals surface area contributed by atoms with Gasteiger partial charge in [-0.05, 0) is 16.7 Å². The van der Waals surface area contributed by atoms with Crippen LogP contribution in [0.3, 0.4) is 0 Å². The van der Waals surface area contributed by atoms with E-state index in [9.17, 15) is 19.2 Å². The van der Waals surface area contributed by atoms with Crippen LogP contribution in [0.15, 0.2) is 102 Å². The van der Waals surface area contributed by atoms with E-state index in [1.807, 2.05) is 91.0 Å². The van der Waals surface area contributed by atoms with Crippen molar-refractivity contribution in [3.8, 4) is 0 Å². The van der Waals surface area contributed by atoms with Gasteiger partial charge in [0.2, 0.25) is 5.91 Å². The molecule has 1 fully saturated rings. The number of carbonyl (C=O) groups is 4. The third-order valence-electron chi connectivity index (χ3n) is 6.35. The molecule has 2 amide bonds. The Morgan fingerprint density at radius 3 is 2.05 bits per heavy atom. The first-order chi connectivity index (χ1) is 18.9. The first-order valence-electron chi connectivity index (χ1n) is 12.4. The van der Waals surface area contributed by atoms with Crippen LogP contribution in [0.4, 0.5) is 0 Å². The molecule has 0 radical (unpaired) electrons. The Balaban J connectivity index is 1.39. The summed E-state index contributed by atoms with van der Waals surface area (Å²) in [5.74, 6) is -1.97. The maximum Gasteiger partial charge on any atom is 0.359 e. The summed E-state index contributed by atoms with van der Waals surface area (Å²) in [7, 11) is 0. The Labute approximate surface area is 230 Å². The van der Waals surface area contributed by atoms with Crippen molar-refractivity contribution in [2.75, 3.05) is 5.75 Å². The Kier molecular flexibility index (Phi) is 7.79. The maximum absolute atomic E-state index is 13.7. The molecule has 0 saturated carbocycles. The average Bonchev–Trinajstić information content (AvgIpc) is 2.95. The lowest BCUT2D eigenvalue weighted by molar-refractivity contribution is -0.155. The molecular weight excluding hydrogens is 516 g/mol. The molecule has 198 valence electrons. The van der Waals surface area contributed by atoms with Crippen molar-refractivity contribution in [3.63, 3.8) is 0 Å². The number of hydrogen-bond donors (Lipinski definition) is 1. The molecule has 1 saturated heterocycles. The van der Waals surface area contributed by atoms with Crippen molar-refractivity contribution >= 4 is 35.5 Å². The van der Waals surface area contributed by atoms with Crippen LogP contribution in [0.2, 0.25) is 0 Å². The highest BCUT2D eigenvalue weighted by atomic mass is 32.2. The van der Waals surface area contributed by atoms with E-state index >= 15 is 0 Å². The summed E-state index contributed by atoms with van der Waals surface area (Å²) in [6.45, 7) is 1.23. The number of rotatable bonds is 8. The van der Waals surface area contributed by atoms with Crippen LogP contribution in [-0.2, 0) is 35.1 Å². The van der Waals surface area contributed by atoms with Gasteiger partial charge in [-0.1, -0.05) is 91.0 Å². The Morgan fingerprint density at radius 2 is 1.49 bits per heavy atom. The number of nitrogens with one attached hydrogen (secondary N) is 1. The van der Waals surface area contributed by atoms with Gasteiger partial charge in [-0.3, -0.25) is 19.3 Å². The lowest BCUT2D eigenvalue weighted by atomic mass is 10.0. The van der Waals surface area contributed by atoms with E-state index in [2.05, 4.69) is 5.32 Å². The molecule has 8 nitrogen and oxygen atoms in total. The van der Waals surface area contributed by atoms with Crippen LogP contribution in [-0.4, -0.2) is 45.8 Å². The van der Waals surface area contributed by atoms with E-state index in [1.165, 1.54) is 23.6 Å². The maximum atomic E-state index is 13.7. The molecule has 5 rings (SSSR count). The number of esters is 2. The molecule has 2 heterocycles. The second-order valence-corrected chi connectivity index (χ2v) is 10.2. The summed E-state index contributed by atoms with van der Waals surface area (Å²) in [5, 5.41) is 2.25. The highest BCUT2D eigenvalue weighted by molar-refractivity contribution is 8.00. The number of ether oxygens (including phenoxy) is 2. The first-order valence-corrected chi connectivity index (χ1v) is 13.5. The molecule has 2 aliphatic rings. The molecule has 1 N–H and O–H groups in total. The van der Waals surface area contributed by atoms with E-state index in [4.69, 9.17) is 9.47 Å². The zero-order valence-electron chi connectivity index (χ0n) is 21.1. The summed E-state index contributed by atoms with van der Waals surface area (Å²) in [6.07, 6.45) is -0.627. The molecule has 0 bridgehead atoms. The monoisotopic (exact) mass is 542 g/mol. The molecule has 3 aromatic rings. The number of β-lactam (4-membered cyclic amide) rings is 1. The highest BCUT2D eigenvalue weighted by Gasteiger charge is 2.55. The van der Waals surface area contributed by atoms with Gasteiger partial charge in [-0.15, -0.1) is 11.8 Å². The lowest BCUT2D eigenvalue weighted by Gasteiger charge is -2.49. The molecule has 0 aliphatic carbocycles. The minimum atomic E-state index is -0.813. The van der Waals surface area contributed by atoms with Gasteiger partial charge in [0, 0.05) is 6.92 Å². The van der Waals surface area contributed by atoms with E-state index < -0.39 is 35.4 Å². The van der Waals surface area contributed by atoms with Crippen LogP contribution >= 0.6 is 11.8 Å². The SMILES string of the molecule is CC(=O)OC1=C(C(=O)OC(c2ccccc2)c2ccccc2)N2C(=O)[C@@H](NC(=O)Cc3ccccc3)[C@H]2SC1. The summed E-state index contributed by atoms with van der Waals surface area (Å²) >= 11 is 1.30. The zero-order valence-corrected chi connectivity index (χ0v) is 21.9. The Morgan fingerprint density at radius 1 is 0.923 bits per heavy atom. The summed E-state index contributed by atoms with van der Waals surface area (Å²) in [5.41, 5.74) is 2.19. The normalized spacial score (nSPS) is 18.2. The van der Waals surface area contributed by atoms with Crippen LogP contribution in [0.1, 0.15) is 29.7 Å². The third-order valence-corrected chi connectivity index (χ3v) is 7.60. The predicted molar refractivity (Wildman–Crippen MR) is 145 cm³/mol. The third kappa shape index (κ3) is 5.73. The average molecular weight is 543 g/mol. The molecule has 2 atom stereocenters. The molecule has 2 aliphatic heterocycles. The number of nitrogens with zero attached hydrogens (tertiary/aromatic N) is 1. The number of benzene rings is 3. The lowest BCUT2D eigenvalue weighted by Crippen LogP contribution is -2.70. The highest BCUT2D eigenvalue weighted by Crippen LogP contribution is 2.42. The summed E-state index contributed by atoms with van der Waals surface area (Å²) in [4.78, 5) is 52.7. The van der Waals surface area contributed by atoms with Gasteiger partial charge in [0.25, 0.3) is 5.91 Å². The van der Waals surface area contributed by atoms with Gasteiger partial charge in [0.1, 0.15) is 17.2 Å². The minimum Gasteiger partial charge on any atom is -0.448 e. The van der Waals surface area contributed by atoms with Crippen LogP contribution in [0.25, 0.3) is 0 Å². The largest absolute Gasteiger partial charge is 0.448 e. The van der Waals surface area contributed by atoms with Crippen LogP contribution in [0.5, 0.6) is 0 Å². The van der Waals surface area contributed by atoms with E-state index in [-0.39, 0.29) is 29.5 Å². The summed E-state index contributed by atoms with van der Waals surface area (Å²) < 4.78 is 11.3. The van der Waals surface area contributed by atoms with Crippen molar-refractivity contribution in [1.29, 1.82) is 0 Å². The van der Waals surface area contributed by atoms with Gasteiger partial charge in [0.05, 0.1) is 12.2 Å². The molecule has 39 heavy (non-hydrogen) atoms.